The van der Waals surface area contributed by atoms with Gasteiger partial charge < -0.3 is 10.1 Å². The molecule has 0 spiro atoms. The molecule has 4 heteroatoms. The molecule has 0 bridgehead atoms. The highest BCUT2D eigenvalue weighted by Gasteiger charge is 2.41. The number of nitrogens with zero attached hydrogens (tertiary/aromatic N) is 1. The van der Waals surface area contributed by atoms with Crippen molar-refractivity contribution < 1.29 is 9.13 Å². The Hall–Kier alpha value is -1.16. The summed E-state index contributed by atoms with van der Waals surface area (Å²) in [5.74, 6) is 2.09. The Balaban J connectivity index is 1.41. The number of hydrogen-bond acceptors (Lipinski definition) is 3. The van der Waals surface area contributed by atoms with Crippen LogP contribution in [0.5, 0.6) is 5.88 Å². The summed E-state index contributed by atoms with van der Waals surface area (Å²) in [5.41, 5.74) is 0. The van der Waals surface area contributed by atoms with Crippen molar-refractivity contribution >= 4 is 0 Å². The third-order valence-corrected chi connectivity index (χ3v) is 3.74. The van der Waals surface area contributed by atoms with E-state index < -0.39 is 0 Å². The average molecular weight is 236 g/mol. The standard InChI is InChI=1S/C13H17FN2O/c14-11-1-2-13(16-8-11)17-4-3-12-6-9-5-10(9)7-15-12/h1-2,8-10,12,15H,3-7H2/t9-,10+,12+/m0/s1. The summed E-state index contributed by atoms with van der Waals surface area (Å²) in [5, 5.41) is 3.55. The third kappa shape index (κ3) is 2.75. The van der Waals surface area contributed by atoms with Crippen LogP contribution in [0.1, 0.15) is 19.3 Å². The molecule has 0 amide bonds. The van der Waals surface area contributed by atoms with Gasteiger partial charge in [-0.3, -0.25) is 0 Å². The number of rotatable bonds is 4. The summed E-state index contributed by atoms with van der Waals surface area (Å²) in [6.07, 6.45) is 4.88. The van der Waals surface area contributed by atoms with Gasteiger partial charge in [0.25, 0.3) is 0 Å². The van der Waals surface area contributed by atoms with Crippen molar-refractivity contribution in [2.45, 2.75) is 25.3 Å². The molecule has 0 aromatic carbocycles. The van der Waals surface area contributed by atoms with Gasteiger partial charge in [-0.15, -0.1) is 0 Å². The molecule has 1 saturated heterocycles. The number of aromatic nitrogens is 1. The molecule has 1 saturated carbocycles. The van der Waals surface area contributed by atoms with Gasteiger partial charge in [0.15, 0.2) is 0 Å². The average Bonchev–Trinajstić information content (AvgIpc) is 3.10. The maximum absolute atomic E-state index is 12.6. The first-order valence-corrected chi connectivity index (χ1v) is 6.29. The van der Waals surface area contributed by atoms with E-state index in [0.29, 0.717) is 18.5 Å². The van der Waals surface area contributed by atoms with E-state index in [2.05, 4.69) is 10.3 Å². The highest BCUT2D eigenvalue weighted by Crippen LogP contribution is 2.44. The van der Waals surface area contributed by atoms with Gasteiger partial charge in [-0.1, -0.05) is 0 Å². The minimum absolute atomic E-state index is 0.328. The highest BCUT2D eigenvalue weighted by atomic mass is 19.1. The van der Waals surface area contributed by atoms with Crippen molar-refractivity contribution in [2.24, 2.45) is 11.8 Å². The van der Waals surface area contributed by atoms with Crippen molar-refractivity contribution in [3.05, 3.63) is 24.1 Å². The first-order chi connectivity index (χ1) is 8.31. The molecule has 92 valence electrons. The molecule has 1 N–H and O–H groups in total. The van der Waals surface area contributed by atoms with Crippen LogP contribution in [0.25, 0.3) is 0 Å². The van der Waals surface area contributed by atoms with E-state index >= 15 is 0 Å². The molecule has 2 heterocycles. The molecule has 1 aromatic rings. The van der Waals surface area contributed by atoms with Crippen LogP contribution in [-0.4, -0.2) is 24.2 Å². The summed E-state index contributed by atoms with van der Waals surface area (Å²) < 4.78 is 18.1. The van der Waals surface area contributed by atoms with Crippen LogP contribution in [0.15, 0.2) is 18.3 Å². The predicted octanol–water partition coefficient (Wildman–Crippen LogP) is 1.99. The number of ether oxygens (including phenoxy) is 1. The predicted molar refractivity (Wildman–Crippen MR) is 62.3 cm³/mol. The first kappa shape index (κ1) is 11.0. The zero-order chi connectivity index (χ0) is 11.7. The van der Waals surface area contributed by atoms with Gasteiger partial charge in [0.05, 0.1) is 12.8 Å². The van der Waals surface area contributed by atoms with Crippen LogP contribution in [0.2, 0.25) is 0 Å². The number of pyridine rings is 1. The molecule has 3 atom stereocenters. The van der Waals surface area contributed by atoms with Crippen LogP contribution in [0.3, 0.4) is 0 Å². The number of hydrogen-bond donors (Lipinski definition) is 1. The lowest BCUT2D eigenvalue weighted by Crippen LogP contribution is -2.36. The molecule has 0 unspecified atom stereocenters. The summed E-state index contributed by atoms with van der Waals surface area (Å²) in [6.45, 7) is 1.82. The van der Waals surface area contributed by atoms with Gasteiger partial charge in [0.2, 0.25) is 5.88 Å². The third-order valence-electron chi connectivity index (χ3n) is 3.74. The van der Waals surface area contributed by atoms with E-state index in [-0.39, 0.29) is 5.82 Å². The molecule has 3 nitrogen and oxygen atoms in total. The van der Waals surface area contributed by atoms with E-state index in [4.69, 9.17) is 4.74 Å². The van der Waals surface area contributed by atoms with Crippen molar-refractivity contribution in [1.82, 2.24) is 10.3 Å². The van der Waals surface area contributed by atoms with Crippen LogP contribution in [0.4, 0.5) is 4.39 Å². The first-order valence-electron chi connectivity index (χ1n) is 6.29. The lowest BCUT2D eigenvalue weighted by atomic mass is 10.0. The molecule has 2 aliphatic rings. The molecule has 2 fully saturated rings. The largest absolute Gasteiger partial charge is 0.478 e. The van der Waals surface area contributed by atoms with Crippen LogP contribution in [-0.2, 0) is 0 Å². The lowest BCUT2D eigenvalue weighted by Gasteiger charge is -2.22. The summed E-state index contributed by atoms with van der Waals surface area (Å²) in [6, 6.07) is 3.52. The van der Waals surface area contributed by atoms with Gasteiger partial charge in [-0.25, -0.2) is 9.37 Å². The number of halogens is 1. The smallest absolute Gasteiger partial charge is 0.213 e. The molecular formula is C13H17FN2O. The maximum atomic E-state index is 12.6. The van der Waals surface area contributed by atoms with E-state index in [0.717, 1.165) is 18.3 Å². The highest BCUT2D eigenvalue weighted by molar-refractivity contribution is 5.10. The SMILES string of the molecule is Fc1ccc(OCC[C@@H]2C[C@@H]3C[C@@H]3CN2)nc1. The summed E-state index contributed by atoms with van der Waals surface area (Å²) >= 11 is 0. The Kier molecular flexibility index (Phi) is 2.97. The topological polar surface area (TPSA) is 34.1 Å². The van der Waals surface area contributed by atoms with E-state index in [1.807, 2.05) is 0 Å². The Bertz CT molecular complexity index is 382. The molecule has 17 heavy (non-hydrogen) atoms. The number of piperidine rings is 1. The number of nitrogens with one attached hydrogen (secondary N) is 1. The second kappa shape index (κ2) is 4.61. The second-order valence-electron chi connectivity index (χ2n) is 5.05. The minimum Gasteiger partial charge on any atom is -0.478 e. The molecule has 3 rings (SSSR count). The van der Waals surface area contributed by atoms with Crippen LogP contribution in [0, 0.1) is 17.7 Å². The maximum Gasteiger partial charge on any atom is 0.213 e. The fourth-order valence-corrected chi connectivity index (χ4v) is 2.59. The van der Waals surface area contributed by atoms with Crippen molar-refractivity contribution in [2.75, 3.05) is 13.2 Å². The van der Waals surface area contributed by atoms with Gasteiger partial charge in [0.1, 0.15) is 5.82 Å². The van der Waals surface area contributed by atoms with Crippen molar-refractivity contribution in [1.29, 1.82) is 0 Å². The lowest BCUT2D eigenvalue weighted by molar-refractivity contribution is 0.257. The van der Waals surface area contributed by atoms with Crippen molar-refractivity contribution in [3.63, 3.8) is 0 Å². The Labute approximate surface area is 100 Å². The van der Waals surface area contributed by atoms with Crippen molar-refractivity contribution in [3.8, 4) is 5.88 Å². The molecule has 1 aliphatic carbocycles. The fourth-order valence-electron chi connectivity index (χ4n) is 2.59. The van der Waals surface area contributed by atoms with E-state index in [1.54, 1.807) is 6.07 Å². The van der Waals surface area contributed by atoms with Gasteiger partial charge in [-0.05, 0) is 43.7 Å². The van der Waals surface area contributed by atoms with Gasteiger partial charge in [-0.2, -0.15) is 0 Å². The zero-order valence-corrected chi connectivity index (χ0v) is 9.73. The Morgan fingerprint density at radius 1 is 1.35 bits per heavy atom. The monoisotopic (exact) mass is 236 g/mol. The molecule has 1 aromatic heterocycles. The van der Waals surface area contributed by atoms with Gasteiger partial charge in [0, 0.05) is 12.1 Å². The normalized spacial score (nSPS) is 30.8. The molecule has 1 aliphatic heterocycles. The van der Waals surface area contributed by atoms with Crippen LogP contribution < -0.4 is 10.1 Å². The minimum atomic E-state index is -0.328. The second-order valence-corrected chi connectivity index (χ2v) is 5.05. The molecule has 0 radical (unpaired) electrons. The quantitative estimate of drug-likeness (QED) is 0.868. The van der Waals surface area contributed by atoms with Crippen LogP contribution >= 0.6 is 0 Å². The fraction of sp³-hybridized carbons (Fsp3) is 0.615. The summed E-state index contributed by atoms with van der Waals surface area (Å²) in [4.78, 5) is 3.87. The van der Waals surface area contributed by atoms with E-state index in [9.17, 15) is 4.39 Å². The van der Waals surface area contributed by atoms with E-state index in [1.165, 1.54) is 31.6 Å². The zero-order valence-electron chi connectivity index (χ0n) is 9.73. The Morgan fingerprint density at radius 2 is 2.29 bits per heavy atom. The Morgan fingerprint density at radius 3 is 3.06 bits per heavy atom. The molecular weight excluding hydrogens is 219 g/mol. The number of fused-ring (bicyclic) bond motifs is 1. The van der Waals surface area contributed by atoms with Gasteiger partial charge >= 0.3 is 0 Å². The summed E-state index contributed by atoms with van der Waals surface area (Å²) in [7, 11) is 0.